The molecule has 0 radical (unpaired) electrons. The van der Waals surface area contributed by atoms with Crippen molar-refractivity contribution in [3.05, 3.63) is 0 Å². The van der Waals surface area contributed by atoms with Crippen molar-refractivity contribution in [3.63, 3.8) is 0 Å². The lowest BCUT2D eigenvalue weighted by Crippen LogP contribution is -2.02. The number of hydrogen-bond acceptors (Lipinski definition) is 1. The van der Waals surface area contributed by atoms with Gasteiger partial charge in [0.2, 0.25) is 0 Å². The molecule has 0 N–H and O–H groups in total. The Hall–Kier alpha value is 0.350. The van der Waals surface area contributed by atoms with Gasteiger partial charge in [0, 0.05) is 5.25 Å². The van der Waals surface area contributed by atoms with Crippen LogP contribution in [0, 0.1) is 11.8 Å². The van der Waals surface area contributed by atoms with Gasteiger partial charge in [-0.25, -0.2) is 0 Å². The van der Waals surface area contributed by atoms with Crippen LogP contribution >= 0.6 is 12.6 Å². The van der Waals surface area contributed by atoms with Crippen LogP contribution in [0.2, 0.25) is 0 Å². The van der Waals surface area contributed by atoms with Gasteiger partial charge in [-0.2, -0.15) is 12.6 Å². The Kier molecular flexibility index (Phi) is 1.07. The molecule has 8 heavy (non-hydrogen) atoms. The quantitative estimate of drug-likeness (QED) is 0.541. The van der Waals surface area contributed by atoms with Crippen molar-refractivity contribution in [3.8, 4) is 0 Å². The normalized spacial score (nSPS) is 29.2. The molecule has 2 aliphatic carbocycles. The highest BCUT2D eigenvalue weighted by molar-refractivity contribution is 7.81. The molecule has 2 rings (SSSR count). The summed E-state index contributed by atoms with van der Waals surface area (Å²) in [5.41, 5.74) is 0. The monoisotopic (exact) mass is 128 g/mol. The standard InChI is InChI=1S/C7H12S/c8-7(5-1-2-5)6-3-4-6/h5-8H,1-4H2. The Morgan fingerprint density at radius 2 is 1.38 bits per heavy atom. The zero-order chi connectivity index (χ0) is 5.56. The highest BCUT2D eigenvalue weighted by Crippen LogP contribution is 2.47. The fourth-order valence-electron chi connectivity index (χ4n) is 1.26. The van der Waals surface area contributed by atoms with E-state index in [1.165, 1.54) is 25.7 Å². The van der Waals surface area contributed by atoms with Gasteiger partial charge < -0.3 is 0 Å². The molecule has 46 valence electrons. The predicted octanol–water partition coefficient (Wildman–Crippen LogP) is 2.10. The molecule has 0 heterocycles. The molecule has 0 aromatic carbocycles. The largest absolute Gasteiger partial charge is 0.175 e. The Bertz CT molecular complexity index is 80.6. The molecular weight excluding hydrogens is 116 g/mol. The van der Waals surface area contributed by atoms with E-state index in [0.29, 0.717) is 0 Å². The lowest BCUT2D eigenvalue weighted by atomic mass is 10.2. The number of thiol groups is 1. The smallest absolute Gasteiger partial charge is 0.00733 e. The minimum absolute atomic E-state index is 0.787. The third kappa shape index (κ3) is 0.883. The zero-order valence-corrected chi connectivity index (χ0v) is 5.90. The second-order valence-corrected chi connectivity index (χ2v) is 3.76. The first-order valence-electron chi connectivity index (χ1n) is 3.56. The van der Waals surface area contributed by atoms with Crippen molar-refractivity contribution in [1.82, 2.24) is 0 Å². The first-order valence-corrected chi connectivity index (χ1v) is 4.07. The van der Waals surface area contributed by atoms with Gasteiger partial charge in [0.15, 0.2) is 0 Å². The molecule has 0 aromatic heterocycles. The van der Waals surface area contributed by atoms with E-state index in [9.17, 15) is 0 Å². The van der Waals surface area contributed by atoms with Crippen LogP contribution in [-0.4, -0.2) is 5.25 Å². The van der Waals surface area contributed by atoms with Gasteiger partial charge in [-0.3, -0.25) is 0 Å². The lowest BCUT2D eigenvalue weighted by molar-refractivity contribution is 0.678. The zero-order valence-electron chi connectivity index (χ0n) is 5.01. The summed E-state index contributed by atoms with van der Waals surface area (Å²) in [6, 6.07) is 0. The van der Waals surface area contributed by atoms with E-state index >= 15 is 0 Å². The van der Waals surface area contributed by atoms with Gasteiger partial charge in [-0.05, 0) is 37.5 Å². The Morgan fingerprint density at radius 3 is 1.62 bits per heavy atom. The van der Waals surface area contributed by atoms with E-state index in [4.69, 9.17) is 0 Å². The minimum Gasteiger partial charge on any atom is -0.175 e. The van der Waals surface area contributed by atoms with E-state index in [0.717, 1.165) is 17.1 Å². The highest BCUT2D eigenvalue weighted by Gasteiger charge is 2.38. The second-order valence-electron chi connectivity index (χ2n) is 3.17. The maximum atomic E-state index is 4.54. The topological polar surface area (TPSA) is 0 Å². The van der Waals surface area contributed by atoms with Crippen LogP contribution in [-0.2, 0) is 0 Å². The summed E-state index contributed by atoms with van der Waals surface area (Å²) < 4.78 is 0. The average molecular weight is 128 g/mol. The summed E-state index contributed by atoms with van der Waals surface area (Å²) in [5, 5.41) is 0.787. The number of rotatable bonds is 2. The van der Waals surface area contributed by atoms with Crippen LogP contribution in [0.25, 0.3) is 0 Å². The van der Waals surface area contributed by atoms with Crippen LogP contribution in [0.15, 0.2) is 0 Å². The predicted molar refractivity (Wildman–Crippen MR) is 38.2 cm³/mol. The maximum absolute atomic E-state index is 4.54. The van der Waals surface area contributed by atoms with E-state index in [1.54, 1.807) is 0 Å². The fraction of sp³-hybridized carbons (Fsp3) is 1.00. The van der Waals surface area contributed by atoms with Crippen molar-refractivity contribution in [1.29, 1.82) is 0 Å². The molecule has 0 aromatic rings. The molecule has 0 unspecified atom stereocenters. The molecule has 0 saturated heterocycles. The molecule has 1 heteroatoms. The molecular formula is C7H12S. The molecule has 0 amide bonds. The van der Waals surface area contributed by atoms with Crippen LogP contribution in [0.3, 0.4) is 0 Å². The van der Waals surface area contributed by atoms with E-state index < -0.39 is 0 Å². The second kappa shape index (κ2) is 1.66. The van der Waals surface area contributed by atoms with E-state index in [2.05, 4.69) is 12.6 Å². The molecule has 0 nitrogen and oxygen atoms in total. The Balaban J connectivity index is 1.84. The van der Waals surface area contributed by atoms with Crippen molar-refractivity contribution in [2.45, 2.75) is 30.9 Å². The van der Waals surface area contributed by atoms with Crippen LogP contribution < -0.4 is 0 Å². The summed E-state index contributed by atoms with van der Waals surface area (Å²) in [6.07, 6.45) is 5.85. The minimum atomic E-state index is 0.787. The molecule has 0 atom stereocenters. The summed E-state index contributed by atoms with van der Waals surface area (Å²) in [7, 11) is 0. The van der Waals surface area contributed by atoms with Gasteiger partial charge in [-0.15, -0.1) is 0 Å². The molecule has 0 spiro atoms. The van der Waals surface area contributed by atoms with E-state index in [-0.39, 0.29) is 0 Å². The van der Waals surface area contributed by atoms with Gasteiger partial charge >= 0.3 is 0 Å². The van der Waals surface area contributed by atoms with Crippen molar-refractivity contribution < 1.29 is 0 Å². The molecule has 0 aliphatic heterocycles. The van der Waals surface area contributed by atoms with Crippen LogP contribution in [0.5, 0.6) is 0 Å². The number of hydrogen-bond donors (Lipinski definition) is 1. The van der Waals surface area contributed by atoms with Crippen LogP contribution in [0.4, 0.5) is 0 Å². The third-order valence-electron chi connectivity index (χ3n) is 2.21. The van der Waals surface area contributed by atoms with Crippen molar-refractivity contribution >= 4 is 12.6 Å². The maximum Gasteiger partial charge on any atom is 0.00733 e. The molecule has 2 saturated carbocycles. The first-order chi connectivity index (χ1) is 3.88. The Labute approximate surface area is 56.1 Å². The summed E-state index contributed by atoms with van der Waals surface area (Å²) in [6.45, 7) is 0. The molecule has 2 fully saturated rings. The summed E-state index contributed by atoms with van der Waals surface area (Å²) in [5.74, 6) is 2.04. The molecule has 0 bridgehead atoms. The lowest BCUT2D eigenvalue weighted by Gasteiger charge is -2.03. The third-order valence-corrected chi connectivity index (χ3v) is 3.05. The average Bonchev–Trinajstić information content (AvgIpc) is 2.63. The first kappa shape index (κ1) is 5.16. The van der Waals surface area contributed by atoms with Crippen molar-refractivity contribution in [2.24, 2.45) is 11.8 Å². The van der Waals surface area contributed by atoms with Gasteiger partial charge in [-0.1, -0.05) is 0 Å². The van der Waals surface area contributed by atoms with Crippen LogP contribution in [0.1, 0.15) is 25.7 Å². The summed E-state index contributed by atoms with van der Waals surface area (Å²) >= 11 is 4.54. The highest BCUT2D eigenvalue weighted by atomic mass is 32.1. The SMILES string of the molecule is SC(C1CC1)C1CC1. The Morgan fingerprint density at radius 1 is 1.00 bits per heavy atom. The van der Waals surface area contributed by atoms with Crippen molar-refractivity contribution in [2.75, 3.05) is 0 Å². The van der Waals surface area contributed by atoms with E-state index in [1.807, 2.05) is 0 Å². The molecule has 2 aliphatic rings. The van der Waals surface area contributed by atoms with Gasteiger partial charge in [0.25, 0.3) is 0 Å². The fourth-order valence-corrected chi connectivity index (χ4v) is 1.86. The van der Waals surface area contributed by atoms with Gasteiger partial charge in [0.1, 0.15) is 0 Å². The van der Waals surface area contributed by atoms with Gasteiger partial charge in [0.05, 0.1) is 0 Å². The summed E-state index contributed by atoms with van der Waals surface area (Å²) in [4.78, 5) is 0.